The molecule has 0 saturated carbocycles. The number of likely N-dealkylation sites (tertiary alicyclic amines) is 1. The van der Waals surface area contributed by atoms with Crippen LogP contribution in [-0.2, 0) is 21.2 Å². The Balaban J connectivity index is 1.78. The first kappa shape index (κ1) is 18.3. The fraction of sp³-hybridized carbons (Fsp3) is 0.467. The molecule has 0 spiro atoms. The van der Waals surface area contributed by atoms with E-state index in [0.717, 1.165) is 5.56 Å². The molecule has 1 fully saturated rings. The number of nitrogens with one attached hydrogen (secondary N) is 1. The number of carbonyl (C=O) groups excluding carboxylic acids is 2. The van der Waals surface area contributed by atoms with E-state index in [9.17, 15) is 22.4 Å². The summed E-state index contributed by atoms with van der Waals surface area (Å²) >= 11 is 0. The predicted molar refractivity (Wildman–Crippen MR) is 86.0 cm³/mol. The molecule has 2 rings (SSSR count). The van der Waals surface area contributed by atoms with Gasteiger partial charge in [-0.05, 0) is 37.0 Å². The fourth-order valence-corrected chi connectivity index (χ4v) is 3.38. The van der Waals surface area contributed by atoms with Crippen LogP contribution in [0.4, 0.5) is 9.18 Å². The predicted octanol–water partition coefficient (Wildman–Crippen LogP) is 0.747. The number of sulfonamides is 1. The number of carbonyl (C=O) groups is 2. The van der Waals surface area contributed by atoms with Crippen molar-refractivity contribution in [3.05, 3.63) is 35.6 Å². The van der Waals surface area contributed by atoms with Gasteiger partial charge in [-0.3, -0.25) is 9.59 Å². The fourth-order valence-electron chi connectivity index (χ4n) is 2.58. The molecule has 0 aromatic heterocycles. The molecule has 0 bridgehead atoms. The number of hydrogen-bond donors (Lipinski definition) is 2. The van der Waals surface area contributed by atoms with Crippen LogP contribution in [-0.4, -0.2) is 43.6 Å². The van der Waals surface area contributed by atoms with E-state index in [0.29, 0.717) is 38.8 Å². The average Bonchev–Trinajstić information content (AvgIpc) is 2.54. The number of piperidine rings is 1. The highest BCUT2D eigenvalue weighted by molar-refractivity contribution is 8.04. The topological polar surface area (TPSA) is 110 Å². The normalized spacial score (nSPS) is 16.1. The standard InChI is InChI=1S/C15H20FN3O4S/c16-12-4-1-11(2-5-12)3-6-14(20)19-9-7-13(8-10-19)18-24(22,23)15(17)21/h1-2,4-5,13,18H,3,6-10H2,(H2,17,21). The molecule has 1 saturated heterocycles. The minimum Gasteiger partial charge on any atom is -0.355 e. The van der Waals surface area contributed by atoms with Crippen molar-refractivity contribution in [1.29, 1.82) is 0 Å². The summed E-state index contributed by atoms with van der Waals surface area (Å²) in [6.07, 6.45) is 1.68. The minimum atomic E-state index is -4.13. The molecule has 3 N–H and O–H groups in total. The lowest BCUT2D eigenvalue weighted by Crippen LogP contribution is -2.48. The highest BCUT2D eigenvalue weighted by atomic mass is 32.2. The van der Waals surface area contributed by atoms with Crippen LogP contribution in [0.3, 0.4) is 0 Å². The number of halogens is 1. The van der Waals surface area contributed by atoms with E-state index in [1.807, 2.05) is 0 Å². The maximum absolute atomic E-state index is 12.8. The summed E-state index contributed by atoms with van der Waals surface area (Å²) in [4.78, 5) is 24.6. The van der Waals surface area contributed by atoms with E-state index in [-0.39, 0.29) is 11.7 Å². The van der Waals surface area contributed by atoms with E-state index in [4.69, 9.17) is 5.73 Å². The first-order chi connectivity index (χ1) is 11.3. The third-order valence-corrected chi connectivity index (χ3v) is 5.15. The number of amides is 2. The van der Waals surface area contributed by atoms with Crippen molar-refractivity contribution in [2.24, 2.45) is 5.73 Å². The van der Waals surface area contributed by atoms with Crippen molar-refractivity contribution in [2.45, 2.75) is 31.7 Å². The van der Waals surface area contributed by atoms with E-state index in [1.54, 1.807) is 17.0 Å². The van der Waals surface area contributed by atoms with Gasteiger partial charge in [-0.15, -0.1) is 0 Å². The summed E-state index contributed by atoms with van der Waals surface area (Å²) in [6, 6.07) is 5.61. The molecule has 0 unspecified atom stereocenters. The van der Waals surface area contributed by atoms with Crippen LogP contribution < -0.4 is 10.5 Å². The number of primary amides is 1. The number of rotatable bonds is 5. The minimum absolute atomic E-state index is 0.0319. The Labute approximate surface area is 140 Å². The summed E-state index contributed by atoms with van der Waals surface area (Å²) in [6.45, 7) is 0.822. The van der Waals surface area contributed by atoms with Gasteiger partial charge < -0.3 is 10.6 Å². The third-order valence-electron chi connectivity index (χ3n) is 3.98. The lowest BCUT2D eigenvalue weighted by atomic mass is 10.0. The number of aryl methyl sites for hydroxylation is 1. The molecule has 1 aliphatic rings. The zero-order valence-electron chi connectivity index (χ0n) is 13.1. The van der Waals surface area contributed by atoms with Crippen molar-refractivity contribution in [1.82, 2.24) is 9.62 Å². The molecule has 132 valence electrons. The molecule has 0 atom stereocenters. The molecule has 7 nitrogen and oxygen atoms in total. The number of nitrogens with zero attached hydrogens (tertiary/aromatic N) is 1. The Kier molecular flexibility index (Phi) is 5.89. The summed E-state index contributed by atoms with van der Waals surface area (Å²) < 4.78 is 37.9. The maximum atomic E-state index is 12.8. The van der Waals surface area contributed by atoms with E-state index >= 15 is 0 Å². The van der Waals surface area contributed by atoms with Crippen LogP contribution in [0.5, 0.6) is 0 Å². The van der Waals surface area contributed by atoms with Crippen LogP contribution in [0.2, 0.25) is 0 Å². The monoisotopic (exact) mass is 357 g/mol. The Morgan fingerprint density at radius 1 is 1.21 bits per heavy atom. The Morgan fingerprint density at radius 3 is 2.33 bits per heavy atom. The van der Waals surface area contributed by atoms with Gasteiger partial charge in [0, 0.05) is 25.6 Å². The quantitative estimate of drug-likeness (QED) is 0.810. The second kappa shape index (κ2) is 7.71. The van der Waals surface area contributed by atoms with Crippen molar-refractivity contribution in [2.75, 3.05) is 13.1 Å². The Hall–Kier alpha value is -2.00. The van der Waals surface area contributed by atoms with Gasteiger partial charge in [-0.1, -0.05) is 12.1 Å². The second-order valence-corrected chi connectivity index (χ2v) is 7.37. The van der Waals surface area contributed by atoms with E-state index in [1.165, 1.54) is 12.1 Å². The highest BCUT2D eigenvalue weighted by Crippen LogP contribution is 2.14. The van der Waals surface area contributed by atoms with Gasteiger partial charge in [-0.25, -0.2) is 17.5 Å². The molecular formula is C15H20FN3O4S. The maximum Gasteiger partial charge on any atom is 0.349 e. The average molecular weight is 357 g/mol. The number of nitrogens with two attached hydrogens (primary N) is 1. The third kappa shape index (κ3) is 5.00. The number of hydrogen-bond acceptors (Lipinski definition) is 4. The van der Waals surface area contributed by atoms with Crippen molar-refractivity contribution in [3.63, 3.8) is 0 Å². The molecule has 0 radical (unpaired) electrons. The van der Waals surface area contributed by atoms with Crippen LogP contribution >= 0.6 is 0 Å². The summed E-state index contributed by atoms with van der Waals surface area (Å²) in [7, 11) is -4.13. The Morgan fingerprint density at radius 2 is 1.79 bits per heavy atom. The van der Waals surface area contributed by atoms with Crippen LogP contribution in [0.25, 0.3) is 0 Å². The molecule has 1 aliphatic heterocycles. The van der Waals surface area contributed by atoms with E-state index < -0.39 is 21.3 Å². The van der Waals surface area contributed by atoms with Gasteiger partial charge in [-0.2, -0.15) is 0 Å². The largest absolute Gasteiger partial charge is 0.355 e. The van der Waals surface area contributed by atoms with Gasteiger partial charge in [0.1, 0.15) is 5.82 Å². The zero-order valence-corrected chi connectivity index (χ0v) is 13.9. The van der Waals surface area contributed by atoms with Crippen LogP contribution in [0.1, 0.15) is 24.8 Å². The van der Waals surface area contributed by atoms with Gasteiger partial charge in [0.05, 0.1) is 0 Å². The molecule has 2 amide bonds. The molecule has 24 heavy (non-hydrogen) atoms. The molecule has 9 heteroatoms. The summed E-state index contributed by atoms with van der Waals surface area (Å²) in [5, 5.41) is -1.40. The van der Waals surface area contributed by atoms with Gasteiger partial charge in [0.2, 0.25) is 5.91 Å². The second-order valence-electron chi connectivity index (χ2n) is 5.72. The van der Waals surface area contributed by atoms with Crippen LogP contribution in [0, 0.1) is 5.82 Å². The molecular weight excluding hydrogens is 337 g/mol. The van der Waals surface area contributed by atoms with Gasteiger partial charge in [0.25, 0.3) is 10.0 Å². The highest BCUT2D eigenvalue weighted by Gasteiger charge is 2.28. The van der Waals surface area contributed by atoms with Crippen molar-refractivity contribution >= 4 is 21.2 Å². The SMILES string of the molecule is NC(=O)S(=O)(=O)NC1CCN(C(=O)CCc2ccc(F)cc2)CC1. The molecule has 1 heterocycles. The lowest BCUT2D eigenvalue weighted by molar-refractivity contribution is -0.132. The summed E-state index contributed by atoms with van der Waals surface area (Å²) in [5.74, 6) is -0.346. The molecule has 0 aliphatic carbocycles. The first-order valence-corrected chi connectivity index (χ1v) is 9.10. The van der Waals surface area contributed by atoms with Gasteiger partial charge >= 0.3 is 5.24 Å². The number of benzene rings is 1. The van der Waals surface area contributed by atoms with E-state index in [2.05, 4.69) is 4.72 Å². The smallest absolute Gasteiger partial charge is 0.349 e. The van der Waals surface area contributed by atoms with Crippen molar-refractivity contribution in [3.8, 4) is 0 Å². The molecule has 1 aromatic rings. The molecule has 1 aromatic carbocycles. The first-order valence-electron chi connectivity index (χ1n) is 7.62. The van der Waals surface area contributed by atoms with Crippen molar-refractivity contribution < 1.29 is 22.4 Å². The zero-order chi connectivity index (χ0) is 17.7. The van der Waals surface area contributed by atoms with Crippen LogP contribution in [0.15, 0.2) is 24.3 Å². The summed E-state index contributed by atoms with van der Waals surface area (Å²) in [5.41, 5.74) is 5.67. The Bertz CT molecular complexity index is 698. The van der Waals surface area contributed by atoms with Gasteiger partial charge in [0.15, 0.2) is 0 Å². The lowest BCUT2D eigenvalue weighted by Gasteiger charge is -2.32.